The summed E-state index contributed by atoms with van der Waals surface area (Å²) in [6.07, 6.45) is 0. The van der Waals surface area contributed by atoms with Gasteiger partial charge in [-0.25, -0.2) is 4.98 Å². The van der Waals surface area contributed by atoms with Gasteiger partial charge in [0.1, 0.15) is 5.75 Å². The number of fused-ring (bicyclic) bond motifs is 1. The van der Waals surface area contributed by atoms with Crippen LogP contribution in [0, 0.1) is 6.92 Å². The molecule has 0 aliphatic heterocycles. The lowest BCUT2D eigenvalue weighted by Gasteiger charge is -2.16. The molecule has 4 aromatic rings. The third kappa shape index (κ3) is 4.31. The van der Waals surface area contributed by atoms with E-state index in [1.807, 2.05) is 39.0 Å². The molecule has 0 aliphatic carbocycles. The van der Waals surface area contributed by atoms with E-state index in [0.29, 0.717) is 50.1 Å². The maximum absolute atomic E-state index is 13.5. The standard InChI is InChI=1S/C22H21ClN4O3S/c1-12(2)20-26-25-19(30-20)11-31-22-24-16-10-14(23)6-7-15(16)21(28)27(22)17-9-13(3)5-8-18(17)29-4/h5-10,12H,11H2,1-4H3. The minimum atomic E-state index is -0.207. The normalized spacial score (nSPS) is 11.4. The Bertz CT molecular complexity index is 1320. The lowest BCUT2D eigenvalue weighted by atomic mass is 10.2. The number of benzene rings is 2. The van der Waals surface area contributed by atoms with Gasteiger partial charge in [-0.1, -0.05) is 43.3 Å². The van der Waals surface area contributed by atoms with Gasteiger partial charge in [-0.2, -0.15) is 0 Å². The zero-order chi connectivity index (χ0) is 22.1. The van der Waals surface area contributed by atoms with Crippen molar-refractivity contribution in [3.8, 4) is 11.4 Å². The zero-order valence-corrected chi connectivity index (χ0v) is 19.1. The molecule has 0 spiro atoms. The third-order valence-electron chi connectivity index (χ3n) is 4.68. The smallest absolute Gasteiger partial charge is 0.266 e. The van der Waals surface area contributed by atoms with Gasteiger partial charge in [0.2, 0.25) is 11.8 Å². The maximum Gasteiger partial charge on any atom is 0.266 e. The number of hydrogen-bond acceptors (Lipinski definition) is 7. The van der Waals surface area contributed by atoms with Crippen LogP contribution in [0.4, 0.5) is 0 Å². The molecule has 31 heavy (non-hydrogen) atoms. The van der Waals surface area contributed by atoms with Crippen molar-refractivity contribution in [3.05, 3.63) is 69.1 Å². The molecule has 160 valence electrons. The molecule has 9 heteroatoms. The van der Waals surface area contributed by atoms with Crippen LogP contribution < -0.4 is 10.3 Å². The zero-order valence-electron chi connectivity index (χ0n) is 17.5. The molecular formula is C22H21ClN4O3S. The summed E-state index contributed by atoms with van der Waals surface area (Å²) in [6.45, 7) is 5.93. The summed E-state index contributed by atoms with van der Waals surface area (Å²) in [5.41, 5.74) is 1.93. The van der Waals surface area contributed by atoms with Crippen molar-refractivity contribution in [1.82, 2.24) is 19.7 Å². The fourth-order valence-electron chi connectivity index (χ4n) is 3.11. The van der Waals surface area contributed by atoms with Crippen LogP contribution in [-0.2, 0) is 5.75 Å². The van der Waals surface area contributed by atoms with Gasteiger partial charge in [-0.3, -0.25) is 9.36 Å². The highest BCUT2D eigenvalue weighted by Crippen LogP contribution is 2.30. The van der Waals surface area contributed by atoms with Crippen molar-refractivity contribution < 1.29 is 9.15 Å². The Hall–Kier alpha value is -2.84. The number of thioether (sulfide) groups is 1. The van der Waals surface area contributed by atoms with Crippen LogP contribution in [0.3, 0.4) is 0 Å². The molecule has 7 nitrogen and oxygen atoms in total. The van der Waals surface area contributed by atoms with Gasteiger partial charge in [-0.05, 0) is 42.8 Å². The van der Waals surface area contributed by atoms with Crippen LogP contribution in [0.25, 0.3) is 16.6 Å². The minimum absolute atomic E-state index is 0.141. The largest absolute Gasteiger partial charge is 0.495 e. The lowest BCUT2D eigenvalue weighted by Crippen LogP contribution is -2.22. The molecule has 0 atom stereocenters. The van der Waals surface area contributed by atoms with Crippen molar-refractivity contribution in [3.63, 3.8) is 0 Å². The first-order chi connectivity index (χ1) is 14.9. The van der Waals surface area contributed by atoms with Crippen molar-refractivity contribution in [1.29, 1.82) is 0 Å². The van der Waals surface area contributed by atoms with Crippen LogP contribution in [0.1, 0.15) is 37.1 Å². The van der Waals surface area contributed by atoms with Gasteiger partial charge in [0.15, 0.2) is 5.16 Å². The maximum atomic E-state index is 13.5. The Balaban J connectivity index is 1.87. The summed E-state index contributed by atoms with van der Waals surface area (Å²) in [4.78, 5) is 18.2. The summed E-state index contributed by atoms with van der Waals surface area (Å²) in [5.74, 6) is 2.13. The first kappa shape index (κ1) is 21.4. The van der Waals surface area contributed by atoms with E-state index in [1.165, 1.54) is 11.8 Å². The number of nitrogens with zero attached hydrogens (tertiary/aromatic N) is 4. The molecule has 0 radical (unpaired) electrons. The van der Waals surface area contributed by atoms with Crippen molar-refractivity contribution >= 4 is 34.3 Å². The van der Waals surface area contributed by atoms with Crippen LogP contribution in [0.5, 0.6) is 5.75 Å². The first-order valence-electron chi connectivity index (χ1n) is 9.69. The molecular weight excluding hydrogens is 436 g/mol. The number of ether oxygens (including phenoxy) is 1. The van der Waals surface area contributed by atoms with Gasteiger partial charge in [0, 0.05) is 10.9 Å². The van der Waals surface area contributed by atoms with E-state index >= 15 is 0 Å². The van der Waals surface area contributed by atoms with Crippen LogP contribution in [0.15, 0.2) is 50.8 Å². The summed E-state index contributed by atoms with van der Waals surface area (Å²) in [7, 11) is 1.58. The Morgan fingerprint density at radius 2 is 2.00 bits per heavy atom. The van der Waals surface area contributed by atoms with E-state index in [9.17, 15) is 4.79 Å². The van der Waals surface area contributed by atoms with Crippen LogP contribution in [0.2, 0.25) is 5.02 Å². The second-order valence-electron chi connectivity index (χ2n) is 7.35. The number of rotatable bonds is 6. The van der Waals surface area contributed by atoms with E-state index in [-0.39, 0.29) is 11.5 Å². The summed E-state index contributed by atoms with van der Waals surface area (Å²) in [6, 6.07) is 10.7. The molecule has 0 saturated heterocycles. The predicted molar refractivity (Wildman–Crippen MR) is 122 cm³/mol. The SMILES string of the molecule is COc1ccc(C)cc1-n1c(SCc2nnc(C(C)C)o2)nc2cc(Cl)ccc2c1=O. The van der Waals surface area contributed by atoms with Gasteiger partial charge >= 0.3 is 0 Å². The van der Waals surface area contributed by atoms with E-state index in [4.69, 9.17) is 25.7 Å². The molecule has 2 aromatic heterocycles. The summed E-state index contributed by atoms with van der Waals surface area (Å²) in [5, 5.41) is 9.64. The number of aromatic nitrogens is 4. The highest BCUT2D eigenvalue weighted by atomic mass is 35.5. The highest BCUT2D eigenvalue weighted by molar-refractivity contribution is 7.98. The van der Waals surface area contributed by atoms with E-state index < -0.39 is 0 Å². The highest BCUT2D eigenvalue weighted by Gasteiger charge is 2.18. The number of aryl methyl sites for hydroxylation is 1. The lowest BCUT2D eigenvalue weighted by molar-refractivity contribution is 0.411. The second kappa shape index (κ2) is 8.72. The minimum Gasteiger partial charge on any atom is -0.495 e. The summed E-state index contributed by atoms with van der Waals surface area (Å²) < 4.78 is 12.8. The molecule has 0 bridgehead atoms. The van der Waals surface area contributed by atoms with E-state index in [2.05, 4.69) is 10.2 Å². The average molecular weight is 457 g/mol. The van der Waals surface area contributed by atoms with Crippen molar-refractivity contribution in [2.24, 2.45) is 0 Å². The topological polar surface area (TPSA) is 83.0 Å². The second-order valence-corrected chi connectivity index (χ2v) is 8.73. The molecule has 2 heterocycles. The van der Waals surface area contributed by atoms with Crippen LogP contribution >= 0.6 is 23.4 Å². The quantitative estimate of drug-likeness (QED) is 0.293. The number of hydrogen-bond donors (Lipinski definition) is 0. The monoisotopic (exact) mass is 456 g/mol. The Morgan fingerprint density at radius 3 is 2.71 bits per heavy atom. The predicted octanol–water partition coefficient (Wildman–Crippen LogP) is 5.15. The van der Waals surface area contributed by atoms with E-state index in [1.54, 1.807) is 29.9 Å². The van der Waals surface area contributed by atoms with Crippen LogP contribution in [-0.4, -0.2) is 26.9 Å². The fraction of sp³-hybridized carbons (Fsp3) is 0.273. The van der Waals surface area contributed by atoms with Gasteiger partial charge in [-0.15, -0.1) is 10.2 Å². The van der Waals surface area contributed by atoms with Gasteiger partial charge < -0.3 is 9.15 Å². The van der Waals surface area contributed by atoms with Gasteiger partial charge in [0.05, 0.1) is 29.5 Å². The molecule has 0 saturated carbocycles. The average Bonchev–Trinajstić information content (AvgIpc) is 3.21. The molecule has 0 N–H and O–H groups in total. The molecule has 0 amide bonds. The Labute approximate surface area is 188 Å². The van der Waals surface area contributed by atoms with Crippen molar-refractivity contribution in [2.45, 2.75) is 37.6 Å². The third-order valence-corrected chi connectivity index (χ3v) is 5.84. The van der Waals surface area contributed by atoms with Gasteiger partial charge in [0.25, 0.3) is 5.56 Å². The first-order valence-corrected chi connectivity index (χ1v) is 11.1. The Morgan fingerprint density at radius 1 is 1.19 bits per heavy atom. The summed E-state index contributed by atoms with van der Waals surface area (Å²) >= 11 is 7.48. The fourth-order valence-corrected chi connectivity index (χ4v) is 4.12. The molecule has 0 aliphatic rings. The van der Waals surface area contributed by atoms with E-state index in [0.717, 1.165) is 5.56 Å². The van der Waals surface area contributed by atoms with Crippen molar-refractivity contribution in [2.75, 3.05) is 7.11 Å². The number of methoxy groups -OCH3 is 1. The molecule has 4 rings (SSSR count). The number of halogens is 1. The molecule has 0 fully saturated rings. The Kier molecular flexibility index (Phi) is 6.02. The molecule has 0 unspecified atom stereocenters. The molecule has 2 aromatic carbocycles.